The quantitative estimate of drug-likeness (QED) is 0.823. The summed E-state index contributed by atoms with van der Waals surface area (Å²) in [7, 11) is 0. The molecule has 1 aliphatic carbocycles. The van der Waals surface area contributed by atoms with Gasteiger partial charge >= 0.3 is 5.97 Å². The Morgan fingerprint density at radius 1 is 1.12 bits per heavy atom. The second kappa shape index (κ2) is 5.85. The highest BCUT2D eigenvalue weighted by Crippen LogP contribution is 2.30. The normalized spacial score (nSPS) is 32.5. The molecule has 17 heavy (non-hydrogen) atoms. The molecule has 0 unspecified atom stereocenters. The highest BCUT2D eigenvalue weighted by atomic mass is 16.4. The van der Waals surface area contributed by atoms with Crippen molar-refractivity contribution >= 4 is 5.97 Å². The molecular formula is C14H25NO2. The smallest absolute Gasteiger partial charge is 0.306 e. The van der Waals surface area contributed by atoms with E-state index in [0.717, 1.165) is 37.5 Å². The van der Waals surface area contributed by atoms with Crippen molar-refractivity contribution in [3.63, 3.8) is 0 Å². The first-order valence-electron chi connectivity index (χ1n) is 7.10. The molecule has 0 amide bonds. The zero-order valence-electron chi connectivity index (χ0n) is 10.9. The SMILES string of the molecule is CC1CCN(CC2CCC(C(=O)O)CC2)CC1. The summed E-state index contributed by atoms with van der Waals surface area (Å²) in [6.07, 6.45) is 6.69. The van der Waals surface area contributed by atoms with Crippen LogP contribution in [0.25, 0.3) is 0 Å². The van der Waals surface area contributed by atoms with E-state index in [1.165, 1.54) is 32.5 Å². The van der Waals surface area contributed by atoms with Gasteiger partial charge in [0.15, 0.2) is 0 Å². The maximum Gasteiger partial charge on any atom is 0.306 e. The minimum atomic E-state index is -0.588. The third-order valence-electron chi connectivity index (χ3n) is 4.59. The molecule has 0 aromatic rings. The van der Waals surface area contributed by atoms with Gasteiger partial charge in [0.1, 0.15) is 0 Å². The van der Waals surface area contributed by atoms with Crippen molar-refractivity contribution in [1.29, 1.82) is 0 Å². The number of carbonyl (C=O) groups is 1. The second-order valence-corrected chi connectivity index (χ2v) is 6.04. The molecule has 2 fully saturated rings. The molecule has 1 saturated heterocycles. The molecule has 98 valence electrons. The molecule has 0 atom stereocenters. The van der Waals surface area contributed by atoms with E-state index in [1.807, 2.05) is 0 Å². The van der Waals surface area contributed by atoms with Crippen LogP contribution in [-0.2, 0) is 4.79 Å². The van der Waals surface area contributed by atoms with E-state index in [9.17, 15) is 4.79 Å². The first-order valence-corrected chi connectivity index (χ1v) is 7.10. The van der Waals surface area contributed by atoms with Crippen LogP contribution in [0, 0.1) is 17.8 Å². The van der Waals surface area contributed by atoms with Crippen molar-refractivity contribution in [3.05, 3.63) is 0 Å². The zero-order chi connectivity index (χ0) is 12.3. The summed E-state index contributed by atoms with van der Waals surface area (Å²) in [4.78, 5) is 13.5. The van der Waals surface area contributed by atoms with Crippen LogP contribution in [0.1, 0.15) is 45.4 Å². The molecule has 0 aromatic heterocycles. The van der Waals surface area contributed by atoms with Crippen molar-refractivity contribution in [2.75, 3.05) is 19.6 Å². The Morgan fingerprint density at radius 2 is 1.71 bits per heavy atom. The fourth-order valence-electron chi connectivity index (χ4n) is 3.20. The molecular weight excluding hydrogens is 214 g/mol. The molecule has 1 saturated carbocycles. The second-order valence-electron chi connectivity index (χ2n) is 6.04. The van der Waals surface area contributed by atoms with Gasteiger partial charge in [0.05, 0.1) is 5.92 Å². The number of carboxylic acids is 1. The largest absolute Gasteiger partial charge is 0.481 e. The maximum absolute atomic E-state index is 10.9. The van der Waals surface area contributed by atoms with E-state index in [1.54, 1.807) is 0 Å². The summed E-state index contributed by atoms with van der Waals surface area (Å²) >= 11 is 0. The lowest BCUT2D eigenvalue weighted by Gasteiger charge is -2.35. The van der Waals surface area contributed by atoms with Gasteiger partial charge in [-0.05, 0) is 63.5 Å². The standard InChI is InChI=1S/C14H25NO2/c1-11-6-8-15(9-7-11)10-12-2-4-13(5-3-12)14(16)17/h11-13H,2-10H2,1H3,(H,16,17). The number of aliphatic carboxylic acids is 1. The van der Waals surface area contributed by atoms with Crippen LogP contribution in [0.5, 0.6) is 0 Å². The monoisotopic (exact) mass is 239 g/mol. The number of hydrogen-bond acceptors (Lipinski definition) is 2. The number of piperidine rings is 1. The van der Waals surface area contributed by atoms with Crippen LogP contribution in [0.4, 0.5) is 0 Å². The average molecular weight is 239 g/mol. The van der Waals surface area contributed by atoms with Crippen LogP contribution in [0.2, 0.25) is 0 Å². The molecule has 0 bridgehead atoms. The number of carboxylic acid groups (broad SMARTS) is 1. The molecule has 0 radical (unpaired) electrons. The van der Waals surface area contributed by atoms with E-state index in [2.05, 4.69) is 11.8 Å². The Hall–Kier alpha value is -0.570. The minimum absolute atomic E-state index is 0.0624. The Morgan fingerprint density at radius 3 is 2.24 bits per heavy atom. The third-order valence-corrected chi connectivity index (χ3v) is 4.59. The van der Waals surface area contributed by atoms with Crippen molar-refractivity contribution in [1.82, 2.24) is 4.90 Å². The lowest BCUT2D eigenvalue weighted by molar-refractivity contribution is -0.143. The predicted octanol–water partition coefficient (Wildman–Crippen LogP) is 2.61. The summed E-state index contributed by atoms with van der Waals surface area (Å²) in [6.45, 7) is 6.05. The summed E-state index contributed by atoms with van der Waals surface area (Å²) in [5.74, 6) is 0.996. The van der Waals surface area contributed by atoms with Gasteiger partial charge in [0.2, 0.25) is 0 Å². The molecule has 1 N–H and O–H groups in total. The van der Waals surface area contributed by atoms with Crippen LogP contribution < -0.4 is 0 Å². The topological polar surface area (TPSA) is 40.5 Å². The number of nitrogens with zero attached hydrogens (tertiary/aromatic N) is 1. The lowest BCUT2D eigenvalue weighted by Crippen LogP contribution is -2.37. The molecule has 1 heterocycles. The van der Waals surface area contributed by atoms with E-state index in [4.69, 9.17) is 5.11 Å². The Labute approximate surface area is 104 Å². The zero-order valence-corrected chi connectivity index (χ0v) is 10.9. The van der Waals surface area contributed by atoms with Gasteiger partial charge < -0.3 is 10.0 Å². The Bertz CT molecular complexity index is 251. The predicted molar refractivity (Wildman–Crippen MR) is 67.9 cm³/mol. The molecule has 0 spiro atoms. The van der Waals surface area contributed by atoms with Gasteiger partial charge in [0.25, 0.3) is 0 Å². The van der Waals surface area contributed by atoms with E-state index >= 15 is 0 Å². The fraction of sp³-hybridized carbons (Fsp3) is 0.929. The van der Waals surface area contributed by atoms with E-state index < -0.39 is 5.97 Å². The molecule has 2 rings (SSSR count). The molecule has 0 aromatic carbocycles. The van der Waals surface area contributed by atoms with Gasteiger partial charge in [-0.1, -0.05) is 6.92 Å². The molecule has 2 aliphatic rings. The van der Waals surface area contributed by atoms with Crippen molar-refractivity contribution in [3.8, 4) is 0 Å². The van der Waals surface area contributed by atoms with Gasteiger partial charge in [-0.2, -0.15) is 0 Å². The van der Waals surface area contributed by atoms with Gasteiger partial charge in [-0.3, -0.25) is 4.79 Å². The summed E-state index contributed by atoms with van der Waals surface area (Å²) < 4.78 is 0. The van der Waals surface area contributed by atoms with Gasteiger partial charge in [-0.25, -0.2) is 0 Å². The number of rotatable bonds is 3. The molecule has 3 nitrogen and oxygen atoms in total. The van der Waals surface area contributed by atoms with Crippen molar-refractivity contribution < 1.29 is 9.90 Å². The third kappa shape index (κ3) is 3.70. The Kier molecular flexibility index (Phi) is 4.43. The number of likely N-dealkylation sites (tertiary alicyclic amines) is 1. The molecule has 1 aliphatic heterocycles. The lowest BCUT2D eigenvalue weighted by atomic mass is 9.81. The summed E-state index contributed by atoms with van der Waals surface area (Å²) in [5, 5.41) is 8.96. The van der Waals surface area contributed by atoms with Crippen LogP contribution in [-0.4, -0.2) is 35.6 Å². The highest BCUT2D eigenvalue weighted by Gasteiger charge is 2.27. The highest BCUT2D eigenvalue weighted by molar-refractivity contribution is 5.69. The Balaban J connectivity index is 1.69. The average Bonchev–Trinajstić information content (AvgIpc) is 2.33. The van der Waals surface area contributed by atoms with E-state index in [-0.39, 0.29) is 5.92 Å². The minimum Gasteiger partial charge on any atom is -0.481 e. The van der Waals surface area contributed by atoms with E-state index in [0.29, 0.717) is 0 Å². The fourth-order valence-corrected chi connectivity index (χ4v) is 3.20. The number of hydrogen-bond donors (Lipinski definition) is 1. The molecule has 3 heteroatoms. The van der Waals surface area contributed by atoms with Crippen LogP contribution in [0.3, 0.4) is 0 Å². The van der Waals surface area contributed by atoms with Crippen molar-refractivity contribution in [2.45, 2.75) is 45.4 Å². The maximum atomic E-state index is 10.9. The van der Waals surface area contributed by atoms with Gasteiger partial charge in [0, 0.05) is 6.54 Å². The first-order chi connectivity index (χ1) is 8.15. The summed E-state index contributed by atoms with van der Waals surface area (Å²) in [5.41, 5.74) is 0. The van der Waals surface area contributed by atoms with Crippen molar-refractivity contribution in [2.24, 2.45) is 17.8 Å². The van der Waals surface area contributed by atoms with Crippen LogP contribution in [0.15, 0.2) is 0 Å². The first kappa shape index (κ1) is 12.9. The van der Waals surface area contributed by atoms with Crippen LogP contribution >= 0.6 is 0 Å². The van der Waals surface area contributed by atoms with Gasteiger partial charge in [-0.15, -0.1) is 0 Å². The summed E-state index contributed by atoms with van der Waals surface area (Å²) in [6, 6.07) is 0.